The molecule has 4 rings (SSSR count). The van der Waals surface area contributed by atoms with E-state index in [0.29, 0.717) is 90.1 Å². The molecule has 3 saturated heterocycles. The maximum atomic E-state index is 14.4. The van der Waals surface area contributed by atoms with Crippen LogP contribution >= 0.6 is 0 Å². The summed E-state index contributed by atoms with van der Waals surface area (Å²) in [5.74, 6) is -3.47. The van der Waals surface area contributed by atoms with Crippen molar-refractivity contribution in [1.29, 1.82) is 0 Å². The van der Waals surface area contributed by atoms with Crippen molar-refractivity contribution in [3.05, 3.63) is 0 Å². The van der Waals surface area contributed by atoms with Gasteiger partial charge < -0.3 is 146 Å². The summed E-state index contributed by atoms with van der Waals surface area (Å²) in [6.45, 7) is 9.74. The average molecular weight is 1610 g/mol. The first-order valence-corrected chi connectivity index (χ1v) is 39.4. The quantitative estimate of drug-likeness (QED) is 0.0201. The van der Waals surface area contributed by atoms with Crippen molar-refractivity contribution in [3.8, 4) is 0 Å². The van der Waals surface area contributed by atoms with Gasteiger partial charge >= 0.3 is 0 Å². The van der Waals surface area contributed by atoms with Crippen LogP contribution in [0.25, 0.3) is 0 Å². The summed E-state index contributed by atoms with van der Waals surface area (Å²) >= 11 is 0. The van der Waals surface area contributed by atoms with E-state index < -0.39 is 141 Å². The van der Waals surface area contributed by atoms with Crippen LogP contribution in [0.15, 0.2) is 0 Å². The highest BCUT2D eigenvalue weighted by molar-refractivity contribution is 5.80. The Balaban J connectivity index is 1.27. The Kier molecular flexibility index (Phi) is 48.6. The fourth-order valence-electron chi connectivity index (χ4n) is 12.7. The monoisotopic (exact) mass is 1610 g/mol. The Morgan fingerprint density at radius 2 is 0.723 bits per heavy atom. The van der Waals surface area contributed by atoms with E-state index in [1.54, 1.807) is 6.92 Å². The number of rotatable bonds is 57. The molecule has 0 radical (unpaired) electrons. The number of aliphatic hydroxyl groups is 9. The zero-order valence-corrected chi connectivity index (χ0v) is 66.1. The molecular formula is C73H132N10O29. The summed E-state index contributed by atoms with van der Waals surface area (Å²) in [5.41, 5.74) is -1.80. The van der Waals surface area contributed by atoms with Crippen molar-refractivity contribution < 1.29 is 141 Å². The molecule has 1 saturated carbocycles. The molecule has 0 aromatic carbocycles. The third kappa shape index (κ3) is 38.9. The molecule has 19 N–H and O–H groups in total. The molecular weight excluding hydrogens is 1480 g/mol. The number of aliphatic hydroxyl groups excluding tert-OH is 9. The van der Waals surface area contributed by atoms with Gasteiger partial charge in [-0.05, 0) is 111 Å². The molecule has 39 nitrogen and oxygen atoms in total. The van der Waals surface area contributed by atoms with E-state index in [4.69, 9.17) is 52.1 Å². The summed E-state index contributed by atoms with van der Waals surface area (Å²) in [4.78, 5) is 115. The van der Waals surface area contributed by atoms with Crippen LogP contribution in [0, 0.1) is 5.92 Å². The van der Waals surface area contributed by atoms with Crippen LogP contribution in [0.4, 0.5) is 0 Å². The molecule has 4 fully saturated rings. The average Bonchev–Trinajstić information content (AvgIpc) is 0.820. The minimum absolute atomic E-state index is 0.0496. The highest BCUT2D eigenvalue weighted by Gasteiger charge is 2.48. The predicted octanol–water partition coefficient (Wildman–Crippen LogP) is -4.86. The van der Waals surface area contributed by atoms with Gasteiger partial charge in [0, 0.05) is 124 Å². The van der Waals surface area contributed by atoms with Gasteiger partial charge in [-0.25, -0.2) is 0 Å². The standard InChI is InChI=1S/C73H132N10O29/c1-7-102-45-80-59-65(98)62(95)50(39-84)109-69(59)106-33-11-8-17-53(89)74-27-14-30-77-56(92)24-36-103-42-73(83-68(101)48-20-22-49(23-21-48)112-72(4,5)6,43-104-37-25-57(93)78-31-15-28-75-54(90)18-9-12-34-107-70-60(81-46(2)87)66(99)63(96)51(40-85)110-70)44-105-38-26-58(94)79-32-16-29-76-55(91)19-10-13-35-108-71-61(82-47(3)88)67(100)64(97)52(41-86)111-71/h48-52,59-67,69-71,80,84-86,95-100H,7-45H2,1-6H3,(H,74,89)(H,75,90)(H,76,91)(H,77,92)(H,78,93)(H,79,94)(H,81,87)(H,82,88)(H,83,101). The van der Waals surface area contributed by atoms with Crippen molar-refractivity contribution in [3.63, 3.8) is 0 Å². The van der Waals surface area contributed by atoms with Gasteiger partial charge in [-0.1, -0.05) is 0 Å². The number of unbranched alkanes of at least 4 members (excludes halogenated alkanes) is 3. The van der Waals surface area contributed by atoms with Gasteiger partial charge in [0.25, 0.3) is 0 Å². The molecule has 648 valence electrons. The lowest BCUT2D eigenvalue weighted by atomic mass is 9.85. The highest BCUT2D eigenvalue weighted by Crippen LogP contribution is 2.31. The molecule has 15 unspecified atom stereocenters. The molecule has 0 bridgehead atoms. The van der Waals surface area contributed by atoms with E-state index in [1.807, 2.05) is 20.8 Å². The molecule has 39 heteroatoms. The zero-order chi connectivity index (χ0) is 82.4. The molecule has 15 atom stereocenters. The number of nitrogens with one attached hydrogen (secondary N) is 10. The normalized spacial score (nSPS) is 26.5. The molecule has 0 aromatic heterocycles. The lowest BCUT2D eigenvalue weighted by Gasteiger charge is -2.42. The third-order valence-electron chi connectivity index (χ3n) is 18.8. The Labute approximate surface area is 655 Å². The molecule has 3 aliphatic heterocycles. The Hall–Kier alpha value is -5.61. The summed E-state index contributed by atoms with van der Waals surface area (Å²) in [7, 11) is 0. The van der Waals surface area contributed by atoms with Crippen LogP contribution in [-0.4, -0.2) is 340 Å². The fourth-order valence-corrected chi connectivity index (χ4v) is 12.7. The third-order valence-corrected chi connectivity index (χ3v) is 18.8. The van der Waals surface area contributed by atoms with Gasteiger partial charge in [-0.3, -0.25) is 48.5 Å². The number of carbonyl (C=O) groups excluding carboxylic acids is 9. The summed E-state index contributed by atoms with van der Waals surface area (Å²) in [6, 6.07) is -3.01. The minimum Gasteiger partial charge on any atom is -0.394 e. The molecule has 3 heterocycles. The van der Waals surface area contributed by atoms with Gasteiger partial charge in [-0.15, -0.1) is 0 Å². The number of hydrogen-bond donors (Lipinski definition) is 19. The van der Waals surface area contributed by atoms with E-state index >= 15 is 0 Å². The maximum Gasteiger partial charge on any atom is 0.223 e. The summed E-state index contributed by atoms with van der Waals surface area (Å²) < 4.78 is 64.1. The van der Waals surface area contributed by atoms with Crippen LogP contribution in [0.2, 0.25) is 0 Å². The highest BCUT2D eigenvalue weighted by atomic mass is 16.7. The van der Waals surface area contributed by atoms with E-state index in [2.05, 4.69) is 53.2 Å². The predicted molar refractivity (Wildman–Crippen MR) is 397 cm³/mol. The second-order valence-corrected chi connectivity index (χ2v) is 29.5. The largest absolute Gasteiger partial charge is 0.394 e. The number of ether oxygens (including phenoxy) is 11. The van der Waals surface area contributed by atoms with Gasteiger partial charge in [0.15, 0.2) is 18.9 Å². The number of hydrogen-bond acceptors (Lipinski definition) is 30. The van der Waals surface area contributed by atoms with Crippen LogP contribution in [0.1, 0.15) is 164 Å². The zero-order valence-electron chi connectivity index (χ0n) is 66.1. The molecule has 1 aliphatic carbocycles. The van der Waals surface area contributed by atoms with Crippen molar-refractivity contribution in [1.82, 2.24) is 53.2 Å². The van der Waals surface area contributed by atoms with Crippen LogP contribution in [-0.2, 0) is 95.3 Å². The first kappa shape index (κ1) is 98.8. The first-order chi connectivity index (χ1) is 53.5. The molecule has 4 aliphatic rings. The first-order valence-electron chi connectivity index (χ1n) is 39.4. The minimum atomic E-state index is -1.45. The number of carbonyl (C=O) groups is 9. The van der Waals surface area contributed by atoms with Crippen molar-refractivity contribution in [2.24, 2.45) is 5.92 Å². The van der Waals surface area contributed by atoms with Gasteiger partial charge in [0.2, 0.25) is 53.2 Å². The second kappa shape index (κ2) is 55.1. The lowest BCUT2D eigenvalue weighted by molar-refractivity contribution is -0.272. The summed E-state index contributed by atoms with van der Waals surface area (Å²) in [5, 5.41) is 119. The Morgan fingerprint density at radius 1 is 0.402 bits per heavy atom. The smallest absolute Gasteiger partial charge is 0.223 e. The maximum absolute atomic E-state index is 14.4. The Bertz CT molecular complexity index is 2620. The van der Waals surface area contributed by atoms with Crippen molar-refractivity contribution in [2.45, 2.75) is 273 Å². The van der Waals surface area contributed by atoms with Crippen molar-refractivity contribution in [2.75, 3.05) is 132 Å². The lowest BCUT2D eigenvalue weighted by Crippen LogP contribution is -2.64. The van der Waals surface area contributed by atoms with E-state index in [-0.39, 0.29) is 191 Å². The SMILES string of the molecule is CCOCNC1C(OCCCCC(=O)NCCCNC(=O)CCOCC(COCCC(=O)NCCCNC(=O)CCCCOC2OC(CO)C(O)C(O)C2NC(C)=O)(COCCC(=O)NCCCNC(=O)CCCCOC2OC(CO)C(O)C(O)C2NC(C)=O)NC(=O)C2CCC(OC(C)(C)C)CC2)OC(CO)C(O)C1O. The van der Waals surface area contributed by atoms with Crippen molar-refractivity contribution >= 4 is 53.2 Å². The van der Waals surface area contributed by atoms with Crippen LogP contribution < -0.4 is 53.2 Å². The van der Waals surface area contributed by atoms with Gasteiger partial charge in [-0.2, -0.15) is 0 Å². The Morgan fingerprint density at radius 3 is 1.04 bits per heavy atom. The topological polar surface area (TPSA) is 558 Å². The molecule has 9 amide bonds. The van der Waals surface area contributed by atoms with Crippen LogP contribution in [0.5, 0.6) is 0 Å². The van der Waals surface area contributed by atoms with E-state index in [1.165, 1.54) is 13.8 Å². The number of amides is 9. The van der Waals surface area contributed by atoms with Gasteiger partial charge in [0.05, 0.1) is 83.9 Å². The second-order valence-electron chi connectivity index (χ2n) is 29.5. The molecule has 112 heavy (non-hydrogen) atoms. The molecule has 0 aromatic rings. The van der Waals surface area contributed by atoms with Crippen LogP contribution in [0.3, 0.4) is 0 Å². The van der Waals surface area contributed by atoms with E-state index in [0.717, 1.165) is 0 Å². The molecule has 0 spiro atoms. The fraction of sp³-hybridized carbons (Fsp3) is 0.877. The van der Waals surface area contributed by atoms with Gasteiger partial charge in [0.1, 0.15) is 72.6 Å². The summed E-state index contributed by atoms with van der Waals surface area (Å²) in [6.07, 6.45) is -8.86. The van der Waals surface area contributed by atoms with E-state index in [9.17, 15) is 89.1 Å².